The number of ether oxygens (including phenoxy) is 1. The Morgan fingerprint density at radius 3 is 2.78 bits per heavy atom. The predicted molar refractivity (Wildman–Crippen MR) is 127 cm³/mol. The van der Waals surface area contributed by atoms with Crippen LogP contribution in [-0.2, 0) is 32.1 Å². The number of hydroxylamine groups is 1. The number of para-hydroxylation sites is 1. The van der Waals surface area contributed by atoms with Crippen LogP contribution in [0.5, 0.6) is 0 Å². The number of carbonyl (C=O) groups is 2. The van der Waals surface area contributed by atoms with Gasteiger partial charge in [-0.2, -0.15) is 0 Å². The summed E-state index contributed by atoms with van der Waals surface area (Å²) in [6, 6.07) is 8.95. The highest BCUT2D eigenvalue weighted by atomic mass is 16.8. The fraction of sp³-hybridized carbons (Fsp3) is 0.600. The lowest BCUT2D eigenvalue weighted by Gasteiger charge is -2.16. The van der Waals surface area contributed by atoms with E-state index in [0.29, 0.717) is 32.4 Å². The fourth-order valence-corrected chi connectivity index (χ4v) is 3.98. The third-order valence-corrected chi connectivity index (χ3v) is 5.59. The van der Waals surface area contributed by atoms with Crippen molar-refractivity contribution in [2.24, 2.45) is 0 Å². The standard InChI is InChI=1S/C13H26N2O4.C12H13N/c1-3-13(18-4-2)19-15-12(17)9-7-5-6-8-10-14-11-16;1-9-8-11-5-2-4-10-6-3-7-13(9)12(10)11/h11,13H,3-10H2,1-2H3,(H,14,16)(H,15,17);2,4-5,8H,3,6-7H2,1H3. The minimum Gasteiger partial charge on any atom is -0.359 e. The molecule has 0 fully saturated rings. The molecule has 0 aliphatic carbocycles. The van der Waals surface area contributed by atoms with Gasteiger partial charge in [-0.3, -0.25) is 9.59 Å². The maximum atomic E-state index is 11.5. The third kappa shape index (κ3) is 8.28. The van der Waals surface area contributed by atoms with Crippen molar-refractivity contribution in [3.63, 3.8) is 0 Å². The van der Waals surface area contributed by atoms with Crippen molar-refractivity contribution in [2.75, 3.05) is 13.2 Å². The summed E-state index contributed by atoms with van der Waals surface area (Å²) < 4.78 is 7.70. The van der Waals surface area contributed by atoms with Crippen LogP contribution in [0.15, 0.2) is 24.3 Å². The fourth-order valence-electron chi connectivity index (χ4n) is 3.98. The lowest BCUT2D eigenvalue weighted by atomic mass is 10.0. The van der Waals surface area contributed by atoms with Gasteiger partial charge in [-0.05, 0) is 57.6 Å². The van der Waals surface area contributed by atoms with Crippen LogP contribution in [0.3, 0.4) is 0 Å². The Morgan fingerprint density at radius 1 is 1.22 bits per heavy atom. The van der Waals surface area contributed by atoms with Gasteiger partial charge in [0, 0.05) is 37.2 Å². The molecule has 1 atom stereocenters. The van der Waals surface area contributed by atoms with Crippen LogP contribution in [0.2, 0.25) is 0 Å². The second kappa shape index (κ2) is 14.6. The molecule has 0 saturated heterocycles. The molecule has 2 aromatic rings. The van der Waals surface area contributed by atoms with Gasteiger partial charge in [-0.15, -0.1) is 0 Å². The molecule has 1 aromatic heterocycles. The third-order valence-electron chi connectivity index (χ3n) is 5.59. The van der Waals surface area contributed by atoms with Crippen molar-refractivity contribution in [2.45, 2.75) is 85.0 Å². The van der Waals surface area contributed by atoms with Crippen molar-refractivity contribution >= 4 is 23.2 Å². The zero-order valence-electron chi connectivity index (χ0n) is 19.8. The summed E-state index contributed by atoms with van der Waals surface area (Å²) in [5.74, 6) is -0.121. The number of aryl methyl sites for hydroxylation is 3. The maximum Gasteiger partial charge on any atom is 0.243 e. The Bertz CT molecular complexity index is 834. The molecule has 0 bridgehead atoms. The molecule has 2 amide bonds. The van der Waals surface area contributed by atoms with Crippen molar-refractivity contribution in [3.05, 3.63) is 35.5 Å². The number of hydrogen-bond acceptors (Lipinski definition) is 4. The molecule has 0 radical (unpaired) electrons. The summed E-state index contributed by atoms with van der Waals surface area (Å²) in [6.07, 6.45) is 7.75. The van der Waals surface area contributed by atoms with Crippen LogP contribution in [0, 0.1) is 6.92 Å². The average Bonchev–Trinajstić information content (AvgIpc) is 3.14. The van der Waals surface area contributed by atoms with Crippen LogP contribution in [-0.4, -0.2) is 36.3 Å². The van der Waals surface area contributed by atoms with E-state index in [4.69, 9.17) is 9.57 Å². The molecule has 2 N–H and O–H groups in total. The first kappa shape index (κ1) is 25.9. The molecule has 7 heteroatoms. The largest absolute Gasteiger partial charge is 0.359 e. The summed E-state index contributed by atoms with van der Waals surface area (Å²) in [4.78, 5) is 26.6. The number of carbonyl (C=O) groups excluding carboxylic acids is 2. The second-order valence-corrected chi connectivity index (χ2v) is 8.07. The second-order valence-electron chi connectivity index (χ2n) is 8.07. The molecule has 1 aliphatic heterocycles. The molecule has 32 heavy (non-hydrogen) atoms. The summed E-state index contributed by atoms with van der Waals surface area (Å²) in [6.45, 7) is 8.48. The zero-order valence-corrected chi connectivity index (χ0v) is 19.8. The number of hydrogen-bond donors (Lipinski definition) is 2. The van der Waals surface area contributed by atoms with E-state index >= 15 is 0 Å². The molecule has 2 heterocycles. The van der Waals surface area contributed by atoms with Gasteiger partial charge in [0.2, 0.25) is 12.3 Å². The van der Waals surface area contributed by atoms with Crippen molar-refractivity contribution < 1.29 is 19.2 Å². The molecule has 3 rings (SSSR count). The number of nitrogens with zero attached hydrogens (tertiary/aromatic N) is 1. The molecule has 1 aromatic carbocycles. The van der Waals surface area contributed by atoms with Crippen molar-refractivity contribution in [1.82, 2.24) is 15.4 Å². The Balaban J connectivity index is 0.000000239. The monoisotopic (exact) mass is 445 g/mol. The minimum atomic E-state index is -0.372. The van der Waals surface area contributed by atoms with E-state index in [-0.39, 0.29) is 12.2 Å². The first-order chi connectivity index (χ1) is 15.6. The van der Waals surface area contributed by atoms with E-state index in [1.807, 2.05) is 13.8 Å². The van der Waals surface area contributed by atoms with E-state index in [1.54, 1.807) is 0 Å². The van der Waals surface area contributed by atoms with Gasteiger partial charge in [0.05, 0.1) is 5.52 Å². The first-order valence-electron chi connectivity index (χ1n) is 11.9. The number of rotatable bonds is 13. The summed E-state index contributed by atoms with van der Waals surface area (Å²) in [5.41, 5.74) is 6.81. The number of amides is 2. The normalized spacial score (nSPS) is 13.2. The number of benzene rings is 1. The van der Waals surface area contributed by atoms with Crippen molar-refractivity contribution in [1.29, 1.82) is 0 Å². The Kier molecular flexibility index (Phi) is 11.8. The maximum absolute atomic E-state index is 11.5. The summed E-state index contributed by atoms with van der Waals surface area (Å²) in [5, 5.41) is 4.02. The van der Waals surface area contributed by atoms with Crippen LogP contribution < -0.4 is 10.8 Å². The van der Waals surface area contributed by atoms with E-state index in [0.717, 1.165) is 25.7 Å². The van der Waals surface area contributed by atoms with Gasteiger partial charge >= 0.3 is 0 Å². The van der Waals surface area contributed by atoms with E-state index in [2.05, 4.69) is 46.6 Å². The van der Waals surface area contributed by atoms with E-state index < -0.39 is 0 Å². The van der Waals surface area contributed by atoms with Crippen LogP contribution in [0.1, 0.15) is 70.1 Å². The van der Waals surface area contributed by atoms with Gasteiger partial charge < -0.3 is 14.6 Å². The van der Waals surface area contributed by atoms with Gasteiger partial charge in [0.15, 0.2) is 6.29 Å². The highest BCUT2D eigenvalue weighted by molar-refractivity contribution is 5.85. The Labute approximate surface area is 191 Å². The highest BCUT2D eigenvalue weighted by Crippen LogP contribution is 2.27. The van der Waals surface area contributed by atoms with Gasteiger partial charge in [0.25, 0.3) is 0 Å². The van der Waals surface area contributed by atoms with Gasteiger partial charge in [-0.25, -0.2) is 10.3 Å². The topological polar surface area (TPSA) is 81.6 Å². The Hall–Kier alpha value is -2.38. The van der Waals surface area contributed by atoms with Crippen molar-refractivity contribution in [3.8, 4) is 0 Å². The summed E-state index contributed by atoms with van der Waals surface area (Å²) >= 11 is 0. The van der Waals surface area contributed by atoms with E-state index in [1.165, 1.54) is 41.5 Å². The molecule has 1 unspecified atom stereocenters. The number of aromatic nitrogens is 1. The van der Waals surface area contributed by atoms with Gasteiger partial charge in [0.1, 0.15) is 0 Å². The average molecular weight is 446 g/mol. The number of nitrogens with one attached hydrogen (secondary N) is 2. The minimum absolute atomic E-state index is 0.121. The Morgan fingerprint density at radius 2 is 2.03 bits per heavy atom. The quantitative estimate of drug-likeness (QED) is 0.207. The van der Waals surface area contributed by atoms with Crippen LogP contribution in [0.25, 0.3) is 10.9 Å². The lowest BCUT2D eigenvalue weighted by molar-refractivity contribution is -0.186. The molecular weight excluding hydrogens is 406 g/mol. The molecule has 0 saturated carbocycles. The van der Waals surface area contributed by atoms with Gasteiger partial charge in [-0.1, -0.05) is 38.0 Å². The first-order valence-corrected chi connectivity index (χ1v) is 11.9. The van der Waals surface area contributed by atoms with Crippen LogP contribution in [0.4, 0.5) is 0 Å². The molecule has 0 spiro atoms. The van der Waals surface area contributed by atoms with E-state index in [9.17, 15) is 9.59 Å². The molecule has 7 nitrogen and oxygen atoms in total. The predicted octanol–water partition coefficient (Wildman–Crippen LogP) is 4.40. The van der Waals surface area contributed by atoms with Crippen LogP contribution >= 0.6 is 0 Å². The summed E-state index contributed by atoms with van der Waals surface area (Å²) in [7, 11) is 0. The SMILES string of the molecule is CCOC(CC)ONC(=O)CCCCCCNC=O.Cc1cc2cccc3c2n1CCC3. The smallest absolute Gasteiger partial charge is 0.243 e. The lowest BCUT2D eigenvalue weighted by Crippen LogP contribution is -2.30. The molecule has 178 valence electrons. The molecule has 1 aliphatic rings. The highest BCUT2D eigenvalue weighted by Gasteiger charge is 2.13. The zero-order chi connectivity index (χ0) is 23.2. The molecular formula is C25H39N3O4. The number of unbranched alkanes of at least 4 members (excludes halogenated alkanes) is 3.